The van der Waals surface area contributed by atoms with Crippen LogP contribution in [0.25, 0.3) is 21.7 Å². The van der Waals surface area contributed by atoms with E-state index in [1.165, 1.54) is 22.3 Å². The number of carbonyl (C=O) groups excluding carboxylic acids is 1. The molecular weight excluding hydrogens is 434 g/mol. The molecule has 3 N–H and O–H groups in total. The number of carbonyl (C=O) groups is 1. The van der Waals surface area contributed by atoms with Crippen LogP contribution in [0.1, 0.15) is 22.8 Å². The van der Waals surface area contributed by atoms with Gasteiger partial charge in [0.2, 0.25) is 10.3 Å². The summed E-state index contributed by atoms with van der Waals surface area (Å²) in [5.74, 6) is 0.284. The summed E-state index contributed by atoms with van der Waals surface area (Å²) in [6.45, 7) is 3.08. The molecular formula is C25H23N5O2S. The summed E-state index contributed by atoms with van der Waals surface area (Å²) in [5, 5.41) is 18.6. The highest BCUT2D eigenvalue weighted by atomic mass is 32.1. The number of ether oxygens (including phenoxy) is 1. The van der Waals surface area contributed by atoms with Gasteiger partial charge in [0.15, 0.2) is 0 Å². The van der Waals surface area contributed by atoms with E-state index in [1.54, 1.807) is 0 Å². The Labute approximate surface area is 194 Å². The molecule has 0 aliphatic carbocycles. The zero-order valence-electron chi connectivity index (χ0n) is 18.1. The molecule has 2 heterocycles. The Kier molecular flexibility index (Phi) is 5.91. The predicted molar refractivity (Wildman–Crippen MR) is 133 cm³/mol. The molecule has 5 aromatic rings. The zero-order chi connectivity index (χ0) is 22.6. The van der Waals surface area contributed by atoms with Crippen LogP contribution in [-0.4, -0.2) is 34.2 Å². The first kappa shape index (κ1) is 21.0. The van der Waals surface area contributed by atoms with Crippen LogP contribution in [0.15, 0.2) is 66.9 Å². The molecule has 0 unspecified atom stereocenters. The van der Waals surface area contributed by atoms with Crippen molar-refractivity contribution in [2.45, 2.75) is 13.3 Å². The molecule has 7 nitrogen and oxygen atoms in total. The van der Waals surface area contributed by atoms with Crippen LogP contribution in [0.3, 0.4) is 0 Å². The maximum atomic E-state index is 13.2. The number of anilines is 2. The Morgan fingerprint density at radius 3 is 2.67 bits per heavy atom. The van der Waals surface area contributed by atoms with Crippen LogP contribution in [0.5, 0.6) is 5.75 Å². The second kappa shape index (κ2) is 9.30. The summed E-state index contributed by atoms with van der Waals surface area (Å²) in [6, 6.07) is 19.8. The Hall–Kier alpha value is -3.91. The number of para-hydroxylation sites is 1. The largest absolute Gasteiger partial charge is 0.493 e. The topological polar surface area (TPSA) is 91.9 Å². The third-order valence-electron chi connectivity index (χ3n) is 5.41. The van der Waals surface area contributed by atoms with Gasteiger partial charge in [-0.3, -0.25) is 10.1 Å². The first-order valence-corrected chi connectivity index (χ1v) is 11.6. The van der Waals surface area contributed by atoms with Gasteiger partial charge in [-0.2, -0.15) is 0 Å². The SMILES string of the molecule is CCOc1ccc2ccccc2c1C(=O)Nc1nnc(NCCc2c[nH]c3ccccc23)s1. The number of hydrogen-bond acceptors (Lipinski definition) is 6. The summed E-state index contributed by atoms with van der Waals surface area (Å²) < 4.78 is 5.72. The van der Waals surface area contributed by atoms with Gasteiger partial charge in [0.05, 0.1) is 12.2 Å². The van der Waals surface area contributed by atoms with Gasteiger partial charge in [0.25, 0.3) is 5.91 Å². The van der Waals surface area contributed by atoms with Gasteiger partial charge in [0, 0.05) is 23.6 Å². The Morgan fingerprint density at radius 1 is 1.00 bits per heavy atom. The number of rotatable bonds is 8. The van der Waals surface area contributed by atoms with E-state index in [-0.39, 0.29) is 5.91 Å². The average molecular weight is 458 g/mol. The van der Waals surface area contributed by atoms with Crippen LogP contribution in [0.2, 0.25) is 0 Å². The minimum Gasteiger partial charge on any atom is -0.493 e. The summed E-state index contributed by atoms with van der Waals surface area (Å²) in [4.78, 5) is 16.4. The summed E-state index contributed by atoms with van der Waals surface area (Å²) in [5.41, 5.74) is 2.88. The molecule has 0 saturated heterocycles. The van der Waals surface area contributed by atoms with Crippen LogP contribution >= 0.6 is 11.3 Å². The smallest absolute Gasteiger partial charge is 0.261 e. The van der Waals surface area contributed by atoms with Gasteiger partial charge < -0.3 is 15.0 Å². The first-order valence-electron chi connectivity index (χ1n) is 10.8. The molecule has 2 aromatic heterocycles. The van der Waals surface area contributed by atoms with Crippen LogP contribution in [0, 0.1) is 0 Å². The van der Waals surface area contributed by atoms with Crippen molar-refractivity contribution < 1.29 is 9.53 Å². The molecule has 0 spiro atoms. The summed E-state index contributed by atoms with van der Waals surface area (Å²) in [6.07, 6.45) is 2.89. The van der Waals surface area contributed by atoms with Crippen LogP contribution in [0.4, 0.5) is 10.3 Å². The fourth-order valence-corrected chi connectivity index (χ4v) is 4.57. The number of nitrogens with zero attached hydrogens (tertiary/aromatic N) is 2. The number of amides is 1. The van der Waals surface area contributed by atoms with Gasteiger partial charge >= 0.3 is 0 Å². The fourth-order valence-electron chi connectivity index (χ4n) is 3.91. The zero-order valence-corrected chi connectivity index (χ0v) is 18.9. The van der Waals surface area contributed by atoms with E-state index in [4.69, 9.17) is 4.74 Å². The first-order chi connectivity index (χ1) is 16.2. The van der Waals surface area contributed by atoms with Gasteiger partial charge in [-0.25, -0.2) is 0 Å². The van der Waals surface area contributed by atoms with E-state index in [9.17, 15) is 4.79 Å². The van der Waals surface area contributed by atoms with Gasteiger partial charge in [-0.15, -0.1) is 10.2 Å². The highest BCUT2D eigenvalue weighted by Crippen LogP contribution is 2.30. The molecule has 1 amide bonds. The molecule has 8 heteroatoms. The maximum Gasteiger partial charge on any atom is 0.261 e. The van der Waals surface area contributed by atoms with Crippen molar-refractivity contribution >= 4 is 49.2 Å². The van der Waals surface area contributed by atoms with E-state index < -0.39 is 0 Å². The number of nitrogens with one attached hydrogen (secondary N) is 3. The average Bonchev–Trinajstić information content (AvgIpc) is 3.46. The van der Waals surface area contributed by atoms with Crippen molar-refractivity contribution in [2.75, 3.05) is 23.8 Å². The van der Waals surface area contributed by atoms with Gasteiger partial charge in [0.1, 0.15) is 5.75 Å². The number of hydrogen-bond donors (Lipinski definition) is 3. The molecule has 0 saturated carbocycles. The van der Waals surface area contributed by atoms with Crippen molar-refractivity contribution in [1.29, 1.82) is 0 Å². The lowest BCUT2D eigenvalue weighted by atomic mass is 10.0. The van der Waals surface area contributed by atoms with Crippen LogP contribution < -0.4 is 15.4 Å². The highest BCUT2D eigenvalue weighted by molar-refractivity contribution is 7.19. The fraction of sp³-hybridized carbons (Fsp3) is 0.160. The predicted octanol–water partition coefficient (Wildman–Crippen LogP) is 5.48. The third kappa shape index (κ3) is 4.38. The Balaban J connectivity index is 1.27. The molecule has 0 atom stereocenters. The molecule has 0 fully saturated rings. The van der Waals surface area contributed by atoms with E-state index >= 15 is 0 Å². The van der Waals surface area contributed by atoms with Gasteiger partial charge in [-0.05, 0) is 41.8 Å². The second-order valence-electron chi connectivity index (χ2n) is 7.50. The van der Waals surface area contributed by atoms with Crippen molar-refractivity contribution in [1.82, 2.24) is 15.2 Å². The molecule has 0 bridgehead atoms. The number of aromatic amines is 1. The Morgan fingerprint density at radius 2 is 1.79 bits per heavy atom. The van der Waals surface area contributed by atoms with E-state index in [2.05, 4.69) is 37.9 Å². The molecule has 166 valence electrons. The molecule has 33 heavy (non-hydrogen) atoms. The van der Waals surface area contributed by atoms with Gasteiger partial charge in [-0.1, -0.05) is 59.9 Å². The maximum absolute atomic E-state index is 13.2. The van der Waals surface area contributed by atoms with E-state index in [0.29, 0.717) is 34.7 Å². The normalized spacial score (nSPS) is 11.1. The monoisotopic (exact) mass is 457 g/mol. The van der Waals surface area contributed by atoms with Crippen molar-refractivity contribution in [2.24, 2.45) is 0 Å². The summed E-state index contributed by atoms with van der Waals surface area (Å²) >= 11 is 1.31. The number of benzene rings is 3. The minimum absolute atomic E-state index is 0.267. The molecule has 0 aliphatic rings. The van der Waals surface area contributed by atoms with Crippen molar-refractivity contribution in [3.05, 3.63) is 78.0 Å². The second-order valence-corrected chi connectivity index (χ2v) is 8.47. The number of aromatic nitrogens is 3. The van der Waals surface area contributed by atoms with E-state index in [1.807, 2.05) is 61.7 Å². The lowest BCUT2D eigenvalue weighted by Gasteiger charge is -2.12. The van der Waals surface area contributed by atoms with Crippen molar-refractivity contribution in [3.63, 3.8) is 0 Å². The molecule has 3 aromatic carbocycles. The lowest BCUT2D eigenvalue weighted by molar-refractivity contribution is 0.102. The summed E-state index contributed by atoms with van der Waals surface area (Å²) in [7, 11) is 0. The van der Waals surface area contributed by atoms with Crippen LogP contribution in [-0.2, 0) is 6.42 Å². The Bertz CT molecular complexity index is 1420. The lowest BCUT2D eigenvalue weighted by Crippen LogP contribution is -2.14. The standard InChI is InChI=1S/C25H23N5O2S/c1-2-32-21-12-11-16-7-3-4-9-19(16)22(21)23(31)28-25-30-29-24(33-25)26-14-13-17-15-27-20-10-6-5-8-18(17)20/h3-12,15,27H,2,13-14H2,1H3,(H,26,29)(H,28,30,31). The van der Waals surface area contributed by atoms with E-state index in [0.717, 1.165) is 22.7 Å². The third-order valence-corrected chi connectivity index (χ3v) is 6.21. The van der Waals surface area contributed by atoms with Crippen molar-refractivity contribution in [3.8, 4) is 5.75 Å². The number of H-pyrrole nitrogens is 1. The quantitative estimate of drug-likeness (QED) is 0.287. The molecule has 0 aliphatic heterocycles. The minimum atomic E-state index is -0.267. The molecule has 0 radical (unpaired) electrons. The number of fused-ring (bicyclic) bond motifs is 2. The molecule has 5 rings (SSSR count). The highest BCUT2D eigenvalue weighted by Gasteiger charge is 2.18.